The number of nitrogens with zero attached hydrogens (tertiary/aromatic N) is 2. The highest BCUT2D eigenvalue weighted by molar-refractivity contribution is 7.89. The quantitative estimate of drug-likeness (QED) is 0.688. The average Bonchev–Trinajstić information content (AvgIpc) is 3.60. The predicted octanol–water partition coefficient (Wildman–Crippen LogP) is 3.45. The molecule has 0 N–H and O–H groups in total. The Morgan fingerprint density at radius 2 is 1.67 bits per heavy atom. The van der Waals surface area contributed by atoms with E-state index in [0.29, 0.717) is 44.3 Å². The third kappa shape index (κ3) is 4.43. The predicted molar refractivity (Wildman–Crippen MR) is 116 cm³/mol. The first-order valence-electron chi connectivity index (χ1n) is 11.4. The highest BCUT2D eigenvalue weighted by atomic mass is 32.2. The summed E-state index contributed by atoms with van der Waals surface area (Å²) >= 11 is 0. The summed E-state index contributed by atoms with van der Waals surface area (Å²) in [5.74, 6) is 0.727. The number of amides is 1. The summed E-state index contributed by atoms with van der Waals surface area (Å²) in [6.45, 7) is 5.78. The maximum absolute atomic E-state index is 13.6. The van der Waals surface area contributed by atoms with Crippen LogP contribution >= 0.6 is 0 Å². The molecule has 2 saturated carbocycles. The van der Waals surface area contributed by atoms with Crippen LogP contribution in [0, 0.1) is 5.92 Å². The van der Waals surface area contributed by atoms with E-state index in [9.17, 15) is 13.2 Å². The van der Waals surface area contributed by atoms with Crippen LogP contribution in [0.5, 0.6) is 0 Å². The minimum atomic E-state index is -3.64. The Morgan fingerprint density at radius 3 is 2.23 bits per heavy atom. The molecule has 0 radical (unpaired) electrons. The number of hydrogen-bond donors (Lipinski definition) is 0. The maximum Gasteiger partial charge on any atom is 0.254 e. The Hall–Kier alpha value is -1.44. The van der Waals surface area contributed by atoms with Crippen molar-refractivity contribution >= 4 is 15.9 Å². The van der Waals surface area contributed by atoms with Crippen molar-refractivity contribution in [1.82, 2.24) is 9.21 Å². The lowest BCUT2D eigenvalue weighted by molar-refractivity contribution is 0.0592. The van der Waals surface area contributed by atoms with E-state index in [4.69, 9.17) is 4.74 Å². The van der Waals surface area contributed by atoms with Crippen LogP contribution in [0.3, 0.4) is 0 Å². The molecule has 3 aliphatic rings. The van der Waals surface area contributed by atoms with Crippen LogP contribution in [-0.2, 0) is 21.2 Å². The van der Waals surface area contributed by atoms with Crippen molar-refractivity contribution in [2.24, 2.45) is 5.92 Å². The molecule has 0 bridgehead atoms. The summed E-state index contributed by atoms with van der Waals surface area (Å²) in [6.07, 6.45) is 7.15. The van der Waals surface area contributed by atoms with Crippen LogP contribution in [0.2, 0.25) is 0 Å². The number of rotatable bonds is 6. The van der Waals surface area contributed by atoms with Gasteiger partial charge in [0.25, 0.3) is 5.91 Å². The minimum absolute atomic E-state index is 0.00173. The van der Waals surface area contributed by atoms with Crippen LogP contribution in [0.1, 0.15) is 68.3 Å². The fourth-order valence-electron chi connectivity index (χ4n) is 4.80. The largest absolute Gasteiger partial charge is 0.379 e. The molecule has 0 unspecified atom stereocenters. The van der Waals surface area contributed by atoms with Gasteiger partial charge in [0.05, 0.1) is 18.1 Å². The standard InChI is InChI=1S/C23H34N2O4S/c1-3-18-6-7-19(16-22(18)30(27,28)24-12-14-29-15-13-24)23(26)25(21-10-11-21)20-8-4-17(2)5-9-20/h6-7,16-17,20-21H,3-5,8-15H2,1-2H3. The van der Waals surface area contributed by atoms with Gasteiger partial charge in [0.1, 0.15) is 0 Å². The van der Waals surface area contributed by atoms with Crippen molar-refractivity contribution < 1.29 is 17.9 Å². The van der Waals surface area contributed by atoms with Crippen molar-refractivity contribution in [2.45, 2.75) is 75.8 Å². The SMILES string of the molecule is CCc1ccc(C(=O)N(C2CCC(C)CC2)C2CC2)cc1S(=O)(=O)N1CCOCC1. The molecule has 1 saturated heterocycles. The van der Waals surface area contributed by atoms with Crippen molar-refractivity contribution in [3.05, 3.63) is 29.3 Å². The van der Waals surface area contributed by atoms with E-state index in [0.717, 1.165) is 50.0 Å². The Morgan fingerprint density at radius 1 is 1.07 bits per heavy atom. The molecule has 1 heterocycles. The second kappa shape index (κ2) is 8.97. The molecular formula is C23H34N2O4S. The zero-order chi connectivity index (χ0) is 21.3. The molecule has 0 spiro atoms. The molecule has 4 rings (SSSR count). The molecule has 3 fully saturated rings. The van der Waals surface area contributed by atoms with E-state index >= 15 is 0 Å². The third-order valence-electron chi connectivity index (χ3n) is 6.84. The first-order valence-corrected chi connectivity index (χ1v) is 12.9. The van der Waals surface area contributed by atoms with Gasteiger partial charge in [0.15, 0.2) is 0 Å². The average molecular weight is 435 g/mol. The normalized spacial score (nSPS) is 25.8. The number of carbonyl (C=O) groups excluding carboxylic acids is 1. The number of ether oxygens (including phenoxy) is 1. The summed E-state index contributed by atoms with van der Waals surface area (Å²) < 4.78 is 33.5. The zero-order valence-corrected chi connectivity index (χ0v) is 19.0. The lowest BCUT2D eigenvalue weighted by atomic mass is 9.86. The Kier molecular flexibility index (Phi) is 6.51. The van der Waals surface area contributed by atoms with Gasteiger partial charge in [-0.1, -0.05) is 19.9 Å². The summed E-state index contributed by atoms with van der Waals surface area (Å²) in [5, 5.41) is 0. The lowest BCUT2D eigenvalue weighted by Crippen LogP contribution is -2.44. The number of benzene rings is 1. The highest BCUT2D eigenvalue weighted by Gasteiger charge is 2.39. The molecule has 166 valence electrons. The second-order valence-electron chi connectivity index (χ2n) is 9.05. The van der Waals surface area contributed by atoms with Gasteiger partial charge < -0.3 is 9.64 Å². The summed E-state index contributed by atoms with van der Waals surface area (Å²) in [7, 11) is -3.64. The third-order valence-corrected chi connectivity index (χ3v) is 8.82. The molecule has 1 aromatic carbocycles. The van der Waals surface area contributed by atoms with Crippen LogP contribution in [0.4, 0.5) is 0 Å². The van der Waals surface area contributed by atoms with Crippen LogP contribution < -0.4 is 0 Å². The molecule has 0 aromatic heterocycles. The minimum Gasteiger partial charge on any atom is -0.379 e. The fourth-order valence-corrected chi connectivity index (χ4v) is 6.53. The molecule has 1 amide bonds. The monoisotopic (exact) mass is 434 g/mol. The van der Waals surface area contributed by atoms with Gasteiger partial charge in [0.2, 0.25) is 10.0 Å². The smallest absolute Gasteiger partial charge is 0.254 e. The van der Waals surface area contributed by atoms with E-state index in [-0.39, 0.29) is 16.8 Å². The van der Waals surface area contributed by atoms with Crippen molar-refractivity contribution in [1.29, 1.82) is 0 Å². The van der Waals surface area contributed by atoms with E-state index in [2.05, 4.69) is 11.8 Å². The van der Waals surface area contributed by atoms with Gasteiger partial charge in [-0.05, 0) is 68.6 Å². The number of morpholine rings is 1. The van der Waals surface area contributed by atoms with Crippen LogP contribution in [-0.4, -0.2) is 61.9 Å². The molecule has 0 atom stereocenters. The number of hydrogen-bond acceptors (Lipinski definition) is 4. The first kappa shape index (κ1) is 21.8. The Bertz CT molecular complexity index is 867. The number of carbonyl (C=O) groups is 1. The molecule has 1 aromatic rings. The second-order valence-corrected chi connectivity index (χ2v) is 11.0. The van der Waals surface area contributed by atoms with Crippen LogP contribution in [0.15, 0.2) is 23.1 Å². The van der Waals surface area contributed by atoms with Crippen molar-refractivity contribution in [3.8, 4) is 0 Å². The van der Waals surface area contributed by atoms with E-state index in [1.54, 1.807) is 6.07 Å². The lowest BCUT2D eigenvalue weighted by Gasteiger charge is -2.36. The van der Waals surface area contributed by atoms with Gasteiger partial charge >= 0.3 is 0 Å². The van der Waals surface area contributed by atoms with Gasteiger partial charge in [-0.2, -0.15) is 4.31 Å². The topological polar surface area (TPSA) is 66.9 Å². The van der Waals surface area contributed by atoms with Gasteiger partial charge in [0, 0.05) is 30.7 Å². The molecule has 30 heavy (non-hydrogen) atoms. The zero-order valence-electron chi connectivity index (χ0n) is 18.2. The molecular weight excluding hydrogens is 400 g/mol. The number of sulfonamides is 1. The van der Waals surface area contributed by atoms with Crippen LogP contribution in [0.25, 0.3) is 0 Å². The van der Waals surface area contributed by atoms with Gasteiger partial charge in [-0.15, -0.1) is 0 Å². The Labute approximate surface area is 180 Å². The molecule has 2 aliphatic carbocycles. The summed E-state index contributed by atoms with van der Waals surface area (Å²) in [6, 6.07) is 5.88. The molecule has 7 heteroatoms. The fraction of sp³-hybridized carbons (Fsp3) is 0.696. The maximum atomic E-state index is 13.6. The Balaban J connectivity index is 1.63. The van der Waals surface area contributed by atoms with Gasteiger partial charge in [-0.25, -0.2) is 8.42 Å². The van der Waals surface area contributed by atoms with E-state index in [1.165, 1.54) is 4.31 Å². The summed E-state index contributed by atoms with van der Waals surface area (Å²) in [5.41, 5.74) is 1.27. The molecule has 1 aliphatic heterocycles. The van der Waals surface area contributed by atoms with Crippen molar-refractivity contribution in [2.75, 3.05) is 26.3 Å². The van der Waals surface area contributed by atoms with Gasteiger partial charge in [-0.3, -0.25) is 4.79 Å². The summed E-state index contributed by atoms with van der Waals surface area (Å²) in [4.78, 5) is 15.9. The van der Waals surface area contributed by atoms with Crippen molar-refractivity contribution in [3.63, 3.8) is 0 Å². The van der Waals surface area contributed by atoms with E-state index in [1.807, 2.05) is 19.1 Å². The highest BCUT2D eigenvalue weighted by Crippen LogP contribution is 2.36. The molecule has 6 nitrogen and oxygen atoms in total. The first-order chi connectivity index (χ1) is 14.4. The number of aryl methyl sites for hydroxylation is 1. The van der Waals surface area contributed by atoms with E-state index < -0.39 is 10.0 Å².